The molecule has 0 saturated carbocycles. The van der Waals surface area contributed by atoms with Crippen molar-refractivity contribution in [2.45, 2.75) is 240 Å². The van der Waals surface area contributed by atoms with Crippen LogP contribution in [-0.2, 0) is 18.9 Å². The van der Waals surface area contributed by atoms with Crippen molar-refractivity contribution in [1.29, 1.82) is 0 Å². The van der Waals surface area contributed by atoms with Gasteiger partial charge in [-0.1, -0.05) is 177 Å². The molecule has 0 aromatic rings. The van der Waals surface area contributed by atoms with Crippen molar-refractivity contribution < 1.29 is 23.7 Å². The minimum atomic E-state index is -0.150. The fourth-order valence-corrected chi connectivity index (χ4v) is 6.72. The maximum Gasteiger partial charge on any atom is 0.315 e. The Morgan fingerprint density at radius 2 is 0.827 bits per heavy atom. The summed E-state index contributed by atoms with van der Waals surface area (Å²) in [7, 11) is 0. The molecule has 0 spiro atoms. The molecule has 0 aliphatic rings. The molecule has 0 aliphatic carbocycles. The Bertz CT molecular complexity index is 726. The highest BCUT2D eigenvalue weighted by molar-refractivity contribution is 5.74. The molecule has 0 fully saturated rings. The molecular formula is C45H92N2O5. The normalized spacial score (nSPS) is 14.6. The first-order valence-electron chi connectivity index (χ1n) is 22.9. The van der Waals surface area contributed by atoms with E-state index < -0.39 is 0 Å². The standard InChI is InChI=1S/C45H92N2O5/c1-8-14-16-18-20-22-24-26-28-30-32-34-49-36-40(7)44(13-6)52-38-42(11-4)47-45(48)46-41(10-3)37-51-43(12-5)39-50-35-33-31-29-27-25-23-21-19-17-15-9-2/h40-44H,8-39H2,1-7H3,(H2,46,47,48). The summed E-state index contributed by atoms with van der Waals surface area (Å²) in [4.78, 5) is 12.9. The number of rotatable bonds is 41. The van der Waals surface area contributed by atoms with Crippen LogP contribution in [0, 0.1) is 5.92 Å². The number of hydrogen-bond acceptors (Lipinski definition) is 5. The molecule has 0 aliphatic heterocycles. The van der Waals surface area contributed by atoms with Crippen molar-refractivity contribution in [3.05, 3.63) is 0 Å². The predicted molar refractivity (Wildman–Crippen MR) is 224 cm³/mol. The van der Waals surface area contributed by atoms with Gasteiger partial charge in [-0.2, -0.15) is 0 Å². The number of unbranched alkanes of at least 4 members (excludes halogenated alkanes) is 20. The van der Waals surface area contributed by atoms with Crippen LogP contribution in [0.25, 0.3) is 0 Å². The average molecular weight is 741 g/mol. The molecule has 0 aromatic heterocycles. The van der Waals surface area contributed by atoms with E-state index in [1.54, 1.807) is 0 Å². The van der Waals surface area contributed by atoms with Crippen LogP contribution in [0.3, 0.4) is 0 Å². The lowest BCUT2D eigenvalue weighted by atomic mass is 10.0. The van der Waals surface area contributed by atoms with Crippen molar-refractivity contribution in [3.63, 3.8) is 0 Å². The maximum atomic E-state index is 12.9. The van der Waals surface area contributed by atoms with Crippen molar-refractivity contribution in [1.82, 2.24) is 10.6 Å². The van der Waals surface area contributed by atoms with Crippen LogP contribution in [0.2, 0.25) is 0 Å². The number of ether oxygens (including phenoxy) is 4. The van der Waals surface area contributed by atoms with Gasteiger partial charge in [0, 0.05) is 19.1 Å². The molecule has 0 heterocycles. The second-order valence-corrected chi connectivity index (χ2v) is 15.7. The van der Waals surface area contributed by atoms with E-state index in [2.05, 4.69) is 59.1 Å². The zero-order chi connectivity index (χ0) is 38.3. The summed E-state index contributed by atoms with van der Waals surface area (Å²) in [6.07, 6.45) is 33.3. The second kappa shape index (κ2) is 39.8. The van der Waals surface area contributed by atoms with Gasteiger partial charge in [0.2, 0.25) is 0 Å². The highest BCUT2D eigenvalue weighted by Gasteiger charge is 2.20. The molecule has 2 N–H and O–H groups in total. The number of carbonyl (C=O) groups is 1. The smallest absolute Gasteiger partial charge is 0.315 e. The summed E-state index contributed by atoms with van der Waals surface area (Å²) >= 11 is 0. The summed E-state index contributed by atoms with van der Waals surface area (Å²) in [6, 6.07) is -0.229. The number of urea groups is 1. The zero-order valence-corrected chi connectivity index (χ0v) is 36.1. The van der Waals surface area contributed by atoms with Gasteiger partial charge in [0.1, 0.15) is 0 Å². The Morgan fingerprint density at radius 3 is 1.21 bits per heavy atom. The Hall–Kier alpha value is -0.890. The van der Waals surface area contributed by atoms with Crippen molar-refractivity contribution in [2.24, 2.45) is 5.92 Å². The van der Waals surface area contributed by atoms with Gasteiger partial charge in [0.15, 0.2) is 0 Å². The van der Waals surface area contributed by atoms with Crippen LogP contribution in [0.15, 0.2) is 0 Å². The van der Waals surface area contributed by atoms with E-state index in [-0.39, 0.29) is 30.3 Å². The highest BCUT2D eigenvalue weighted by Crippen LogP contribution is 2.15. The Morgan fingerprint density at radius 1 is 0.442 bits per heavy atom. The van der Waals surface area contributed by atoms with Gasteiger partial charge in [-0.3, -0.25) is 0 Å². The summed E-state index contributed by atoms with van der Waals surface area (Å²) in [6.45, 7) is 19.3. The Kier molecular flexibility index (Phi) is 39.1. The topological polar surface area (TPSA) is 78.1 Å². The van der Waals surface area contributed by atoms with Crippen LogP contribution in [0.5, 0.6) is 0 Å². The lowest BCUT2D eigenvalue weighted by Crippen LogP contribution is -2.49. The molecule has 7 nitrogen and oxygen atoms in total. The van der Waals surface area contributed by atoms with Crippen LogP contribution in [0.4, 0.5) is 4.79 Å². The molecule has 0 aromatic carbocycles. The van der Waals surface area contributed by atoms with E-state index in [1.165, 1.54) is 128 Å². The molecule has 5 unspecified atom stereocenters. The van der Waals surface area contributed by atoms with E-state index in [1.807, 2.05) is 0 Å². The number of nitrogens with one attached hydrogen (secondary N) is 2. The van der Waals surface area contributed by atoms with Gasteiger partial charge in [0.25, 0.3) is 0 Å². The Balaban J connectivity index is 4.10. The first-order chi connectivity index (χ1) is 25.4. The zero-order valence-electron chi connectivity index (χ0n) is 36.1. The molecular weight excluding hydrogens is 649 g/mol. The molecule has 7 heteroatoms. The number of amides is 2. The molecule has 312 valence electrons. The first-order valence-corrected chi connectivity index (χ1v) is 22.9. The highest BCUT2D eigenvalue weighted by atomic mass is 16.5. The number of carbonyl (C=O) groups excluding carboxylic acids is 1. The van der Waals surface area contributed by atoms with E-state index in [4.69, 9.17) is 18.9 Å². The molecule has 0 radical (unpaired) electrons. The maximum absolute atomic E-state index is 12.9. The van der Waals surface area contributed by atoms with Gasteiger partial charge < -0.3 is 29.6 Å². The van der Waals surface area contributed by atoms with Crippen LogP contribution >= 0.6 is 0 Å². The second-order valence-electron chi connectivity index (χ2n) is 15.7. The quantitative estimate of drug-likeness (QED) is 0.0610. The fraction of sp³-hybridized carbons (Fsp3) is 0.978. The van der Waals surface area contributed by atoms with Crippen LogP contribution in [0.1, 0.15) is 215 Å². The molecule has 5 atom stereocenters. The van der Waals surface area contributed by atoms with E-state index in [0.29, 0.717) is 25.7 Å². The van der Waals surface area contributed by atoms with E-state index >= 15 is 0 Å². The molecule has 0 saturated heterocycles. The lowest BCUT2D eigenvalue weighted by molar-refractivity contribution is -0.0273. The van der Waals surface area contributed by atoms with E-state index in [0.717, 1.165) is 58.3 Å². The largest absolute Gasteiger partial charge is 0.381 e. The predicted octanol–water partition coefficient (Wildman–Crippen LogP) is 12.7. The molecule has 2 amide bonds. The minimum absolute atomic E-state index is 0.0377. The minimum Gasteiger partial charge on any atom is -0.381 e. The van der Waals surface area contributed by atoms with Gasteiger partial charge in [-0.25, -0.2) is 4.79 Å². The average Bonchev–Trinajstić information content (AvgIpc) is 3.15. The summed E-state index contributed by atoms with van der Waals surface area (Å²) in [5.41, 5.74) is 0. The van der Waals surface area contributed by atoms with Crippen LogP contribution in [-0.4, -0.2) is 70.0 Å². The van der Waals surface area contributed by atoms with Crippen molar-refractivity contribution in [2.75, 3.05) is 39.6 Å². The third kappa shape index (κ3) is 32.5. The van der Waals surface area contributed by atoms with Crippen molar-refractivity contribution in [3.8, 4) is 0 Å². The summed E-state index contributed by atoms with van der Waals surface area (Å²) in [5, 5.41) is 6.27. The van der Waals surface area contributed by atoms with Gasteiger partial charge in [-0.05, 0) is 38.5 Å². The summed E-state index contributed by atoms with van der Waals surface area (Å²) < 4.78 is 24.5. The first kappa shape index (κ1) is 51.1. The van der Waals surface area contributed by atoms with Gasteiger partial charge in [-0.15, -0.1) is 0 Å². The number of hydrogen-bond donors (Lipinski definition) is 2. The molecule has 0 rings (SSSR count). The van der Waals surface area contributed by atoms with Crippen molar-refractivity contribution >= 4 is 6.03 Å². The van der Waals surface area contributed by atoms with Crippen LogP contribution < -0.4 is 10.6 Å². The monoisotopic (exact) mass is 741 g/mol. The van der Waals surface area contributed by atoms with Gasteiger partial charge in [0.05, 0.1) is 50.7 Å². The van der Waals surface area contributed by atoms with Gasteiger partial charge >= 0.3 is 6.03 Å². The fourth-order valence-electron chi connectivity index (χ4n) is 6.72. The summed E-state index contributed by atoms with van der Waals surface area (Å²) in [5.74, 6) is 0.320. The SMILES string of the molecule is CCCCCCCCCCCCCOCC(CC)OCC(CC)NC(=O)NC(CC)COC(CC)C(C)COCCCCCCCCCCCCC. The third-order valence-corrected chi connectivity index (χ3v) is 10.7. The third-order valence-electron chi connectivity index (χ3n) is 10.7. The van der Waals surface area contributed by atoms with E-state index in [9.17, 15) is 4.79 Å². The molecule has 52 heavy (non-hydrogen) atoms. The Labute approximate surface area is 325 Å². The molecule has 0 bridgehead atoms. The lowest BCUT2D eigenvalue weighted by Gasteiger charge is -2.27.